The van der Waals surface area contributed by atoms with Crippen LogP contribution in [0.1, 0.15) is 372 Å². The Bertz CT molecular complexity index is 1600. The summed E-state index contributed by atoms with van der Waals surface area (Å²) in [6, 6.07) is 18.1. The van der Waals surface area contributed by atoms with E-state index < -0.39 is 0 Å². The summed E-state index contributed by atoms with van der Waals surface area (Å²) < 4.78 is 1.60. The second kappa shape index (κ2) is 57.3. The molecular weight excluding hydrogens is 976 g/mol. The van der Waals surface area contributed by atoms with E-state index in [4.69, 9.17) is 0 Å². The number of rotatable bonds is 50. The van der Waals surface area contributed by atoms with E-state index in [1.807, 2.05) is 0 Å². The minimum absolute atomic E-state index is 0. The molecule has 2 nitrogen and oxygen atoms in total. The number of benzene rings is 2. The van der Waals surface area contributed by atoms with Crippen LogP contribution >= 0.6 is 0 Å². The number of nitrogens with zero attached hydrogens (tertiary/aromatic N) is 2. The normalized spacial score (nSPS) is 12.2. The van der Waals surface area contributed by atoms with Crippen molar-refractivity contribution in [1.29, 1.82) is 0 Å². The summed E-state index contributed by atoms with van der Waals surface area (Å²) in [6.45, 7) is 21.5. The molecule has 1 aliphatic rings. The van der Waals surface area contributed by atoms with E-state index in [9.17, 15) is 5.53 Å². The van der Waals surface area contributed by atoms with Gasteiger partial charge in [-0.15, -0.1) is 0 Å². The molecule has 2 aromatic rings. The van der Waals surface area contributed by atoms with Crippen LogP contribution in [0.25, 0.3) is 16.9 Å². The summed E-state index contributed by atoms with van der Waals surface area (Å²) in [6.07, 6.45) is 67.0. The monoisotopic (exact) mass is 1100 g/mol. The molecule has 0 saturated carbocycles. The summed E-state index contributed by atoms with van der Waals surface area (Å²) >= 11 is 0. The van der Waals surface area contributed by atoms with Gasteiger partial charge in [-0.2, -0.15) is 12.8 Å². The molecule has 0 spiro atoms. The molecule has 0 bridgehead atoms. The van der Waals surface area contributed by atoms with Gasteiger partial charge in [-0.1, -0.05) is 323 Å². The van der Waals surface area contributed by atoms with E-state index in [0.717, 1.165) is 49.9 Å². The summed E-state index contributed by atoms with van der Waals surface area (Å²) in [5.74, 6) is 0. The molecule has 3 rings (SSSR count). The van der Waals surface area contributed by atoms with E-state index in [1.54, 1.807) is 4.70 Å². The zero-order valence-electron chi connectivity index (χ0n) is 52.6. The van der Waals surface area contributed by atoms with E-state index >= 15 is 0 Å². The maximum atomic E-state index is 12.1. The molecule has 0 atom stereocenters. The molecule has 3 heteroatoms. The topological polar surface area (TPSA) is 25.3 Å². The molecule has 0 saturated heterocycles. The standard InChI is InChI=1S/C42H64N2.2C16H33.Ni/c1-5-9-13-16-18-20-26-36-28-24-30-38(34-36)42-39(31-21-15-11-7-3)40(32-22-19-17-14-10-6-2)41(44(42)43)37-29-23-27-35(33-37)25-12-8-4;2*1-3-5-7-9-11-13-15-16-14-12-10-8-6-4-2;/h23-24,27-30,33-34H,5-22,25-26,31-32H2,1-4H3;2*1,3-16H2,2H3;/q;2*-1;+2. The minimum atomic E-state index is 0. The Labute approximate surface area is 493 Å². The third-order valence-corrected chi connectivity index (χ3v) is 16.2. The van der Waals surface area contributed by atoms with E-state index in [2.05, 4.69) is 104 Å². The number of allylic oxidation sites excluding steroid dienone is 2. The van der Waals surface area contributed by atoms with Crippen molar-refractivity contribution in [2.24, 2.45) is 0 Å². The summed E-state index contributed by atoms with van der Waals surface area (Å²) in [7, 11) is 0. The number of hydrogen-bond donors (Lipinski definition) is 0. The second-order valence-electron chi connectivity index (χ2n) is 23.5. The molecule has 0 radical (unpaired) electrons. The molecule has 0 N–H and O–H groups in total. The zero-order valence-corrected chi connectivity index (χ0v) is 53.6. The Kier molecular flexibility index (Phi) is 55.8. The minimum Gasteiger partial charge on any atom is -0.493 e. The molecule has 0 amide bonds. The number of unbranched alkanes of at least 4 members (excludes halogenated alkanes) is 40. The Morgan fingerprint density at radius 1 is 0.299 bits per heavy atom. The van der Waals surface area contributed by atoms with Gasteiger partial charge in [0.25, 0.3) is 0 Å². The number of aryl methyl sites for hydroxylation is 2. The quantitative estimate of drug-likeness (QED) is 0.0273. The van der Waals surface area contributed by atoms with Gasteiger partial charge in [-0.3, -0.25) is 0 Å². The van der Waals surface area contributed by atoms with Crippen molar-refractivity contribution in [3.05, 3.63) is 101 Å². The van der Waals surface area contributed by atoms with Crippen molar-refractivity contribution in [2.45, 2.75) is 363 Å². The second-order valence-corrected chi connectivity index (χ2v) is 23.5. The average molecular weight is 1110 g/mol. The maximum Gasteiger partial charge on any atom is 2.00 e. The first kappa shape index (κ1) is 75.0. The van der Waals surface area contributed by atoms with Gasteiger partial charge in [0.05, 0.1) is 0 Å². The van der Waals surface area contributed by atoms with Gasteiger partial charge in [0.1, 0.15) is 0 Å². The fraction of sp³-hybridized carbons (Fsp3) is 0.757. The van der Waals surface area contributed by atoms with Crippen LogP contribution in [0.4, 0.5) is 0 Å². The molecule has 446 valence electrons. The van der Waals surface area contributed by atoms with Gasteiger partial charge >= 0.3 is 16.5 Å². The van der Waals surface area contributed by atoms with Crippen LogP contribution in [0.15, 0.2) is 59.7 Å². The van der Waals surface area contributed by atoms with Crippen molar-refractivity contribution >= 4 is 11.4 Å². The van der Waals surface area contributed by atoms with Crippen molar-refractivity contribution in [3.8, 4) is 0 Å². The summed E-state index contributed by atoms with van der Waals surface area (Å²) in [4.78, 5) is 0. The largest absolute Gasteiger partial charge is 2.00 e. The Balaban J connectivity index is 0.00000143. The maximum absolute atomic E-state index is 12.1. The first-order chi connectivity index (χ1) is 37.5. The first-order valence-electron chi connectivity index (χ1n) is 34.2. The van der Waals surface area contributed by atoms with Crippen molar-refractivity contribution in [3.63, 3.8) is 0 Å². The Hall–Kier alpha value is -1.99. The van der Waals surface area contributed by atoms with E-state index in [1.165, 1.54) is 316 Å². The van der Waals surface area contributed by atoms with Gasteiger partial charge in [0.15, 0.2) is 0 Å². The molecule has 0 fully saturated rings. The van der Waals surface area contributed by atoms with Gasteiger partial charge < -0.3 is 19.4 Å². The van der Waals surface area contributed by atoms with Gasteiger partial charge in [0.2, 0.25) is 11.4 Å². The van der Waals surface area contributed by atoms with Crippen LogP contribution in [0.3, 0.4) is 0 Å². The van der Waals surface area contributed by atoms with Crippen LogP contribution in [0.5, 0.6) is 0 Å². The molecule has 2 aromatic carbocycles. The molecule has 0 unspecified atom stereocenters. The van der Waals surface area contributed by atoms with Gasteiger partial charge in [0, 0.05) is 22.3 Å². The van der Waals surface area contributed by atoms with Crippen LogP contribution in [0.2, 0.25) is 0 Å². The predicted octanol–water partition coefficient (Wildman–Crippen LogP) is 26.4. The van der Waals surface area contributed by atoms with Crippen LogP contribution in [-0.2, 0) is 29.3 Å². The van der Waals surface area contributed by atoms with Crippen molar-refractivity contribution in [1.82, 2.24) is 0 Å². The smallest absolute Gasteiger partial charge is 0.493 e. The number of hydrogen-bond acceptors (Lipinski definition) is 0. The van der Waals surface area contributed by atoms with Crippen molar-refractivity contribution < 1.29 is 21.2 Å². The molecule has 1 heterocycles. The fourth-order valence-electron chi connectivity index (χ4n) is 11.2. The van der Waals surface area contributed by atoms with Gasteiger partial charge in [-0.05, 0) is 86.8 Å². The fourth-order valence-corrected chi connectivity index (χ4v) is 11.2. The Morgan fingerprint density at radius 2 is 0.532 bits per heavy atom. The predicted molar refractivity (Wildman–Crippen MR) is 344 cm³/mol. The van der Waals surface area contributed by atoms with E-state index in [0.29, 0.717) is 0 Å². The summed E-state index contributed by atoms with van der Waals surface area (Å²) in [5, 5.41) is 0. The average Bonchev–Trinajstić information content (AvgIpc) is 3.74. The van der Waals surface area contributed by atoms with Crippen LogP contribution < -0.4 is 0 Å². The van der Waals surface area contributed by atoms with Crippen LogP contribution in [0, 0.1) is 13.8 Å². The molecular formula is C74H130N2Ni. The Morgan fingerprint density at radius 3 is 0.818 bits per heavy atom. The first-order valence-corrected chi connectivity index (χ1v) is 34.2. The van der Waals surface area contributed by atoms with Crippen molar-refractivity contribution in [2.75, 3.05) is 0 Å². The molecule has 77 heavy (non-hydrogen) atoms. The van der Waals surface area contributed by atoms with E-state index in [-0.39, 0.29) is 16.5 Å². The van der Waals surface area contributed by atoms with Crippen LogP contribution in [-0.4, -0.2) is 4.70 Å². The molecule has 0 aliphatic carbocycles. The third kappa shape index (κ3) is 40.0. The third-order valence-electron chi connectivity index (χ3n) is 16.2. The van der Waals surface area contributed by atoms with Gasteiger partial charge in [-0.25, -0.2) is 4.70 Å². The SMILES string of the molecule is CCCCCCCCC1=C(c2cccc(CCCC)c2)[N+](=[N-])C(c2cccc(CCCCCCCC)c2)=C1CCCCCC.[CH2-]CCCCCCCCCCCCCCC.[CH2-]CCCCCCCCCCCCCCC.[Ni+2]. The molecule has 1 aliphatic heterocycles. The zero-order chi connectivity index (χ0) is 55.2. The molecule has 0 aromatic heterocycles. The summed E-state index contributed by atoms with van der Waals surface area (Å²) in [5.41, 5.74) is 22.1.